The van der Waals surface area contributed by atoms with Crippen molar-refractivity contribution in [3.05, 3.63) is 113 Å². The highest BCUT2D eigenvalue weighted by Gasteiger charge is 2.14. The molecule has 0 aromatic heterocycles. The molecule has 29 heavy (non-hydrogen) atoms. The molecule has 0 saturated carbocycles. The van der Waals surface area contributed by atoms with Crippen LogP contribution in [0.3, 0.4) is 0 Å². The van der Waals surface area contributed by atoms with Crippen molar-refractivity contribution in [3.63, 3.8) is 0 Å². The molecule has 2 amide bonds. The lowest BCUT2D eigenvalue weighted by Crippen LogP contribution is -2.34. The number of carbonyl (C=O) groups is 2. The molecule has 0 aliphatic carbocycles. The van der Waals surface area contributed by atoms with E-state index >= 15 is 0 Å². The molecular formula is C24H21FN2O2. The second kappa shape index (κ2) is 9.46. The van der Waals surface area contributed by atoms with Gasteiger partial charge in [0.1, 0.15) is 11.5 Å². The molecule has 0 atom stereocenters. The average molecular weight is 388 g/mol. The quantitative estimate of drug-likeness (QED) is 0.621. The second-order valence-electron chi connectivity index (χ2n) is 6.60. The van der Waals surface area contributed by atoms with Gasteiger partial charge in [0.05, 0.1) is 0 Å². The SMILES string of the molecule is Cc1ccc(C(=O)N/C(=C\c2ccc(F)cc2)C(=O)NCc2ccccc2)cc1. The normalized spacial score (nSPS) is 11.0. The van der Waals surface area contributed by atoms with Gasteiger partial charge in [0.15, 0.2) is 0 Å². The summed E-state index contributed by atoms with van der Waals surface area (Å²) < 4.78 is 13.2. The van der Waals surface area contributed by atoms with E-state index in [-0.39, 0.29) is 11.5 Å². The number of aryl methyl sites for hydroxylation is 1. The van der Waals surface area contributed by atoms with E-state index in [1.165, 1.54) is 30.3 Å². The smallest absolute Gasteiger partial charge is 0.268 e. The van der Waals surface area contributed by atoms with E-state index in [1.54, 1.807) is 12.1 Å². The first-order valence-electron chi connectivity index (χ1n) is 9.19. The van der Waals surface area contributed by atoms with Crippen LogP contribution in [0.25, 0.3) is 6.08 Å². The third-order valence-electron chi connectivity index (χ3n) is 4.28. The molecule has 3 aromatic rings. The van der Waals surface area contributed by atoms with Crippen LogP contribution in [0.2, 0.25) is 0 Å². The fourth-order valence-corrected chi connectivity index (χ4v) is 2.66. The van der Waals surface area contributed by atoms with E-state index in [4.69, 9.17) is 0 Å². The summed E-state index contributed by atoms with van der Waals surface area (Å²) in [7, 11) is 0. The van der Waals surface area contributed by atoms with Crippen LogP contribution < -0.4 is 10.6 Å². The van der Waals surface area contributed by atoms with E-state index in [0.717, 1.165) is 11.1 Å². The Morgan fingerprint density at radius 2 is 1.55 bits per heavy atom. The lowest BCUT2D eigenvalue weighted by Gasteiger charge is -2.12. The summed E-state index contributed by atoms with van der Waals surface area (Å²) >= 11 is 0. The molecule has 0 radical (unpaired) electrons. The van der Waals surface area contributed by atoms with Crippen LogP contribution in [-0.4, -0.2) is 11.8 Å². The molecular weight excluding hydrogens is 367 g/mol. The molecule has 0 bridgehead atoms. The predicted molar refractivity (Wildman–Crippen MR) is 111 cm³/mol. The lowest BCUT2D eigenvalue weighted by atomic mass is 10.1. The van der Waals surface area contributed by atoms with Crippen molar-refractivity contribution in [2.45, 2.75) is 13.5 Å². The molecule has 0 unspecified atom stereocenters. The number of carbonyl (C=O) groups excluding carboxylic acids is 2. The molecule has 4 nitrogen and oxygen atoms in total. The van der Waals surface area contributed by atoms with Gasteiger partial charge in [-0.25, -0.2) is 4.39 Å². The van der Waals surface area contributed by atoms with Gasteiger partial charge in [-0.2, -0.15) is 0 Å². The van der Waals surface area contributed by atoms with Crippen molar-refractivity contribution in [1.29, 1.82) is 0 Å². The topological polar surface area (TPSA) is 58.2 Å². The van der Waals surface area contributed by atoms with Crippen molar-refractivity contribution in [3.8, 4) is 0 Å². The number of hydrogen-bond donors (Lipinski definition) is 2. The van der Waals surface area contributed by atoms with Gasteiger partial charge in [-0.1, -0.05) is 60.2 Å². The number of hydrogen-bond acceptors (Lipinski definition) is 2. The Morgan fingerprint density at radius 3 is 2.21 bits per heavy atom. The fourth-order valence-electron chi connectivity index (χ4n) is 2.66. The molecule has 146 valence electrons. The molecule has 0 aliphatic rings. The maximum Gasteiger partial charge on any atom is 0.268 e. The standard InChI is InChI=1S/C24H21FN2O2/c1-17-7-11-20(12-8-17)23(28)27-22(15-18-9-13-21(25)14-10-18)24(29)26-16-19-5-3-2-4-6-19/h2-15H,16H2,1H3,(H,26,29)(H,27,28)/b22-15-. The van der Waals surface area contributed by atoms with Gasteiger partial charge in [-0.3, -0.25) is 9.59 Å². The predicted octanol–water partition coefficient (Wildman–Crippen LogP) is 4.22. The first kappa shape index (κ1) is 20.0. The highest BCUT2D eigenvalue weighted by Crippen LogP contribution is 2.10. The van der Waals surface area contributed by atoms with Gasteiger partial charge in [-0.15, -0.1) is 0 Å². The summed E-state index contributed by atoms with van der Waals surface area (Å²) in [6.45, 7) is 2.25. The molecule has 0 aliphatic heterocycles. The maximum absolute atomic E-state index is 13.2. The number of halogens is 1. The second-order valence-corrected chi connectivity index (χ2v) is 6.60. The Morgan fingerprint density at radius 1 is 0.897 bits per heavy atom. The van der Waals surface area contributed by atoms with Gasteiger partial charge in [0.25, 0.3) is 11.8 Å². The molecule has 5 heteroatoms. The number of benzene rings is 3. The summed E-state index contributed by atoms with van der Waals surface area (Å²) in [5, 5.41) is 5.47. The molecule has 3 rings (SSSR count). The summed E-state index contributed by atoms with van der Waals surface area (Å²) in [4.78, 5) is 25.3. The van der Waals surface area contributed by atoms with Gasteiger partial charge in [0.2, 0.25) is 0 Å². The highest BCUT2D eigenvalue weighted by atomic mass is 19.1. The third-order valence-corrected chi connectivity index (χ3v) is 4.28. The van der Waals surface area contributed by atoms with E-state index in [1.807, 2.05) is 49.4 Å². The van der Waals surface area contributed by atoms with Crippen LogP contribution in [0.15, 0.2) is 84.6 Å². The summed E-state index contributed by atoms with van der Waals surface area (Å²) in [6.07, 6.45) is 1.52. The summed E-state index contributed by atoms with van der Waals surface area (Å²) in [5.74, 6) is -1.20. The first-order valence-corrected chi connectivity index (χ1v) is 9.19. The first-order chi connectivity index (χ1) is 14.0. The fraction of sp³-hybridized carbons (Fsp3) is 0.0833. The van der Waals surface area contributed by atoms with Crippen molar-refractivity contribution in [1.82, 2.24) is 10.6 Å². The maximum atomic E-state index is 13.2. The van der Waals surface area contributed by atoms with Crippen LogP contribution in [0, 0.1) is 12.7 Å². The van der Waals surface area contributed by atoms with Crippen molar-refractivity contribution >= 4 is 17.9 Å². The monoisotopic (exact) mass is 388 g/mol. The van der Waals surface area contributed by atoms with Crippen molar-refractivity contribution in [2.75, 3.05) is 0 Å². The van der Waals surface area contributed by atoms with Gasteiger partial charge >= 0.3 is 0 Å². The number of amides is 2. The van der Waals surface area contributed by atoms with E-state index in [0.29, 0.717) is 17.7 Å². The number of nitrogens with one attached hydrogen (secondary N) is 2. The van der Waals surface area contributed by atoms with Crippen LogP contribution >= 0.6 is 0 Å². The van der Waals surface area contributed by atoms with E-state index in [2.05, 4.69) is 10.6 Å². The Kier molecular flexibility index (Phi) is 6.53. The Labute approximate surface area is 169 Å². The molecule has 0 saturated heterocycles. The zero-order chi connectivity index (χ0) is 20.6. The summed E-state index contributed by atoms with van der Waals surface area (Å²) in [6, 6.07) is 22.2. The van der Waals surface area contributed by atoms with E-state index in [9.17, 15) is 14.0 Å². The van der Waals surface area contributed by atoms with Crippen LogP contribution in [0.4, 0.5) is 4.39 Å². The largest absolute Gasteiger partial charge is 0.347 e. The van der Waals surface area contributed by atoms with Gasteiger partial charge < -0.3 is 10.6 Å². The summed E-state index contributed by atoms with van der Waals surface area (Å²) in [5.41, 5.74) is 3.09. The Hall–Kier alpha value is -3.73. The van der Waals surface area contributed by atoms with Crippen LogP contribution in [0.5, 0.6) is 0 Å². The zero-order valence-corrected chi connectivity index (χ0v) is 16.0. The minimum atomic E-state index is -0.432. The average Bonchev–Trinajstić information content (AvgIpc) is 2.74. The van der Waals surface area contributed by atoms with Crippen LogP contribution in [0.1, 0.15) is 27.0 Å². The van der Waals surface area contributed by atoms with Crippen LogP contribution in [-0.2, 0) is 11.3 Å². The molecule has 0 heterocycles. The lowest BCUT2D eigenvalue weighted by molar-refractivity contribution is -0.117. The number of rotatable bonds is 6. The third kappa shape index (κ3) is 5.87. The minimum Gasteiger partial charge on any atom is -0.347 e. The molecule has 0 fully saturated rings. The molecule has 3 aromatic carbocycles. The zero-order valence-electron chi connectivity index (χ0n) is 16.0. The molecule has 0 spiro atoms. The Balaban J connectivity index is 1.80. The van der Waals surface area contributed by atoms with Gasteiger partial charge in [-0.05, 0) is 48.4 Å². The highest BCUT2D eigenvalue weighted by molar-refractivity contribution is 6.05. The van der Waals surface area contributed by atoms with E-state index < -0.39 is 11.8 Å². The van der Waals surface area contributed by atoms with Crippen molar-refractivity contribution < 1.29 is 14.0 Å². The van der Waals surface area contributed by atoms with Gasteiger partial charge in [0, 0.05) is 12.1 Å². The Bertz CT molecular complexity index is 1010. The van der Waals surface area contributed by atoms with Crippen molar-refractivity contribution in [2.24, 2.45) is 0 Å². The molecule has 2 N–H and O–H groups in total. The minimum absolute atomic E-state index is 0.0816.